The maximum absolute atomic E-state index is 12.7. The van der Waals surface area contributed by atoms with Crippen LogP contribution in [0, 0.1) is 0 Å². The van der Waals surface area contributed by atoms with Crippen molar-refractivity contribution in [3.8, 4) is 0 Å². The van der Waals surface area contributed by atoms with Gasteiger partial charge in [0.05, 0.1) is 0 Å². The van der Waals surface area contributed by atoms with Crippen LogP contribution in [0.4, 0.5) is 5.82 Å². The summed E-state index contributed by atoms with van der Waals surface area (Å²) in [5.74, 6) is -2.16. The molecule has 3 heterocycles. The number of thioether (sulfide) groups is 1. The highest BCUT2D eigenvalue weighted by Crippen LogP contribution is 2.40. The molecule has 0 aliphatic carbocycles. The predicted molar refractivity (Wildman–Crippen MR) is 97.5 cm³/mol. The standard InChI is InChI=1S/C16H17N5O5S/c1-7-6-9(16(24)25)21-14(23)12(15(21)27-7)19-13(22)11(20-26-2)8-4-3-5-10(17)18-8/h3-7,12,15H,1-2H3,(H2,17,18)(H,19,22)(H,24,25)/b20-11-/t7?,12?,15-/m1/s1. The smallest absolute Gasteiger partial charge is 0.352 e. The van der Waals surface area contributed by atoms with Gasteiger partial charge in [0.1, 0.15) is 35.7 Å². The van der Waals surface area contributed by atoms with Crippen LogP contribution in [0.3, 0.4) is 0 Å². The molecular weight excluding hydrogens is 374 g/mol. The minimum atomic E-state index is -1.18. The van der Waals surface area contributed by atoms with Gasteiger partial charge in [-0.15, -0.1) is 11.8 Å². The highest BCUT2D eigenvalue weighted by Gasteiger charge is 2.54. The zero-order valence-corrected chi connectivity index (χ0v) is 15.3. The van der Waals surface area contributed by atoms with Crippen molar-refractivity contribution in [3.63, 3.8) is 0 Å². The molecule has 1 saturated heterocycles. The second-order valence-electron chi connectivity index (χ2n) is 5.82. The Hall–Kier alpha value is -3.08. The first-order valence-corrected chi connectivity index (χ1v) is 8.86. The lowest BCUT2D eigenvalue weighted by atomic mass is 10.0. The Labute approximate surface area is 158 Å². The van der Waals surface area contributed by atoms with Gasteiger partial charge in [-0.25, -0.2) is 9.78 Å². The fourth-order valence-electron chi connectivity index (χ4n) is 2.82. The van der Waals surface area contributed by atoms with Gasteiger partial charge < -0.3 is 21.0 Å². The Morgan fingerprint density at radius 2 is 2.19 bits per heavy atom. The third-order valence-electron chi connectivity index (χ3n) is 3.97. The van der Waals surface area contributed by atoms with Crippen molar-refractivity contribution in [2.24, 2.45) is 5.16 Å². The van der Waals surface area contributed by atoms with Gasteiger partial charge in [-0.05, 0) is 25.1 Å². The number of hydrogen-bond donors (Lipinski definition) is 3. The summed E-state index contributed by atoms with van der Waals surface area (Å²) in [6.07, 6.45) is 1.51. The van der Waals surface area contributed by atoms with Crippen molar-refractivity contribution in [2.75, 3.05) is 12.8 Å². The number of amides is 2. The van der Waals surface area contributed by atoms with E-state index in [2.05, 4.69) is 15.5 Å². The lowest BCUT2D eigenvalue weighted by Crippen LogP contribution is -2.71. The predicted octanol–water partition coefficient (Wildman–Crippen LogP) is -0.229. The molecule has 4 N–H and O–H groups in total. The molecule has 0 saturated carbocycles. The number of fused-ring (bicyclic) bond motifs is 1. The summed E-state index contributed by atoms with van der Waals surface area (Å²) in [6.45, 7) is 1.82. The Morgan fingerprint density at radius 3 is 2.81 bits per heavy atom. The molecule has 27 heavy (non-hydrogen) atoms. The van der Waals surface area contributed by atoms with E-state index in [1.807, 2.05) is 6.92 Å². The summed E-state index contributed by atoms with van der Waals surface area (Å²) in [4.78, 5) is 46.3. The van der Waals surface area contributed by atoms with Crippen LogP contribution in [-0.2, 0) is 19.2 Å². The first kappa shape index (κ1) is 18.7. The van der Waals surface area contributed by atoms with Crippen LogP contribution < -0.4 is 11.1 Å². The monoisotopic (exact) mass is 391 g/mol. The van der Waals surface area contributed by atoms with Crippen LogP contribution in [0.1, 0.15) is 12.6 Å². The number of carboxylic acids is 1. The van der Waals surface area contributed by atoms with Gasteiger partial charge >= 0.3 is 5.97 Å². The number of anilines is 1. The summed E-state index contributed by atoms with van der Waals surface area (Å²) >= 11 is 1.38. The summed E-state index contributed by atoms with van der Waals surface area (Å²) in [5, 5.41) is 14.9. The van der Waals surface area contributed by atoms with E-state index in [1.54, 1.807) is 12.1 Å². The number of carboxylic acid groups (broad SMARTS) is 1. The molecule has 2 aliphatic heterocycles. The maximum Gasteiger partial charge on any atom is 0.352 e. The SMILES string of the molecule is CO/N=C(\C(=O)NC1C(=O)N2C(C(=O)O)=CC(C)S[C@H]12)c1cccc(N)n1. The Bertz CT molecular complexity index is 871. The first-order chi connectivity index (χ1) is 12.8. The van der Waals surface area contributed by atoms with Gasteiger partial charge in [0, 0.05) is 5.25 Å². The van der Waals surface area contributed by atoms with E-state index in [0.717, 1.165) is 0 Å². The number of nitrogens with two attached hydrogens (primary N) is 1. The van der Waals surface area contributed by atoms with Gasteiger partial charge in [0.15, 0.2) is 5.71 Å². The molecule has 0 aromatic carbocycles. The fraction of sp³-hybridized carbons (Fsp3) is 0.312. The molecule has 2 unspecified atom stereocenters. The number of pyridine rings is 1. The van der Waals surface area contributed by atoms with E-state index < -0.39 is 29.2 Å². The van der Waals surface area contributed by atoms with Crippen molar-refractivity contribution >= 4 is 41.1 Å². The van der Waals surface area contributed by atoms with Gasteiger partial charge in [-0.2, -0.15) is 0 Å². The molecule has 10 nitrogen and oxygen atoms in total. The van der Waals surface area contributed by atoms with Gasteiger partial charge in [0.2, 0.25) is 0 Å². The molecule has 1 fully saturated rings. The van der Waals surface area contributed by atoms with Crippen LogP contribution >= 0.6 is 11.8 Å². The minimum Gasteiger partial charge on any atom is -0.477 e. The molecule has 0 bridgehead atoms. The lowest BCUT2D eigenvalue weighted by Gasteiger charge is -2.49. The molecule has 1 aromatic heterocycles. The summed E-state index contributed by atoms with van der Waals surface area (Å²) in [5.41, 5.74) is 5.61. The number of carbonyl (C=O) groups excluding carboxylic acids is 2. The fourth-order valence-corrected chi connectivity index (χ4v) is 4.15. The molecular formula is C16H17N5O5S. The number of carbonyl (C=O) groups is 3. The quantitative estimate of drug-likeness (QED) is 0.354. The summed E-state index contributed by atoms with van der Waals surface area (Å²) < 4.78 is 0. The second-order valence-corrected chi connectivity index (χ2v) is 7.32. The average molecular weight is 391 g/mol. The van der Waals surface area contributed by atoms with Gasteiger partial charge in [-0.3, -0.25) is 14.5 Å². The van der Waals surface area contributed by atoms with E-state index in [9.17, 15) is 19.5 Å². The number of nitrogen functional groups attached to an aromatic ring is 1. The highest BCUT2D eigenvalue weighted by molar-refractivity contribution is 8.00. The van der Waals surface area contributed by atoms with Gasteiger partial charge in [0.25, 0.3) is 11.8 Å². The molecule has 0 radical (unpaired) electrons. The normalized spacial score (nSPS) is 24.4. The molecule has 0 spiro atoms. The van der Waals surface area contributed by atoms with E-state index in [1.165, 1.54) is 35.9 Å². The number of nitrogens with zero attached hydrogens (tertiary/aromatic N) is 3. The molecule has 2 amide bonds. The van der Waals surface area contributed by atoms with Gasteiger partial charge in [-0.1, -0.05) is 11.2 Å². The number of aromatic nitrogens is 1. The first-order valence-electron chi connectivity index (χ1n) is 7.92. The third kappa shape index (κ3) is 3.45. The number of aliphatic carboxylic acids is 1. The topological polar surface area (TPSA) is 147 Å². The summed E-state index contributed by atoms with van der Waals surface area (Å²) in [7, 11) is 1.28. The van der Waals surface area contributed by atoms with E-state index >= 15 is 0 Å². The van der Waals surface area contributed by atoms with E-state index in [4.69, 9.17) is 10.6 Å². The van der Waals surface area contributed by atoms with Crippen LogP contribution in [-0.4, -0.2) is 62.3 Å². The maximum atomic E-state index is 12.7. The number of hydrogen-bond acceptors (Lipinski definition) is 8. The number of nitrogens with one attached hydrogen (secondary N) is 1. The second kappa shape index (κ2) is 7.27. The van der Waals surface area contributed by atoms with Crippen molar-refractivity contribution in [2.45, 2.75) is 23.6 Å². The Morgan fingerprint density at radius 1 is 1.44 bits per heavy atom. The van der Waals surface area contributed by atoms with Crippen molar-refractivity contribution in [1.29, 1.82) is 0 Å². The van der Waals surface area contributed by atoms with Crippen LogP contribution in [0.15, 0.2) is 35.1 Å². The number of rotatable bonds is 5. The van der Waals surface area contributed by atoms with Crippen molar-refractivity contribution < 1.29 is 24.3 Å². The number of β-lactam (4-membered cyclic amide) rings is 1. The van der Waals surface area contributed by atoms with Crippen LogP contribution in [0.2, 0.25) is 0 Å². The van der Waals surface area contributed by atoms with E-state index in [-0.39, 0.29) is 28.2 Å². The largest absolute Gasteiger partial charge is 0.477 e. The molecule has 3 rings (SSSR count). The highest BCUT2D eigenvalue weighted by atomic mass is 32.2. The Kier molecular flexibility index (Phi) is 5.04. The minimum absolute atomic E-state index is 0.0787. The van der Waals surface area contributed by atoms with Crippen LogP contribution in [0.5, 0.6) is 0 Å². The lowest BCUT2D eigenvalue weighted by molar-refractivity contribution is -0.150. The molecule has 1 aromatic rings. The average Bonchev–Trinajstić information content (AvgIpc) is 2.63. The molecule has 2 aliphatic rings. The Balaban J connectivity index is 1.80. The molecule has 11 heteroatoms. The van der Waals surface area contributed by atoms with E-state index in [0.29, 0.717) is 0 Å². The van der Waals surface area contributed by atoms with Crippen molar-refractivity contribution in [1.82, 2.24) is 15.2 Å². The number of oxime groups is 1. The van der Waals surface area contributed by atoms with Crippen LogP contribution in [0.25, 0.3) is 0 Å². The zero-order valence-electron chi connectivity index (χ0n) is 14.4. The molecule has 3 atom stereocenters. The molecule has 142 valence electrons. The van der Waals surface area contributed by atoms with Crippen molar-refractivity contribution in [3.05, 3.63) is 35.7 Å². The summed E-state index contributed by atoms with van der Waals surface area (Å²) in [6, 6.07) is 3.82. The zero-order chi connectivity index (χ0) is 19.7. The third-order valence-corrected chi connectivity index (χ3v) is 5.29.